The topological polar surface area (TPSA) is 225 Å². The van der Waals surface area contributed by atoms with Crippen LogP contribution in [0.15, 0.2) is 48.5 Å². The maximum absolute atomic E-state index is 13.7. The molecule has 19 nitrogen and oxygen atoms in total. The number of nitro benzene ring substituents is 1. The third-order valence-electron chi connectivity index (χ3n) is 7.82. The fraction of sp³-hybridized carbons (Fsp3) is 0.514. The molecule has 0 aliphatic rings. The number of rotatable bonds is 17. The molecule has 4 amide bonds. The number of hydrogen-bond acceptors (Lipinski definition) is 14. The predicted molar refractivity (Wildman–Crippen MR) is 199 cm³/mol. The largest absolute Gasteiger partial charge is 0.514 e. The smallest absolute Gasteiger partial charge is 0.449 e. The Morgan fingerprint density at radius 2 is 1.21 bits per heavy atom. The van der Waals surface area contributed by atoms with E-state index in [0.717, 1.165) is 12.1 Å². The van der Waals surface area contributed by atoms with E-state index in [0.29, 0.717) is 0 Å². The van der Waals surface area contributed by atoms with Gasteiger partial charge in [0.15, 0.2) is 0 Å². The number of Topliss-reactive ketones (excluding diaryl/α,β-unsaturated/α-hetero) is 1. The molecule has 0 aliphatic heterocycles. The fourth-order valence-electron chi connectivity index (χ4n) is 4.62. The van der Waals surface area contributed by atoms with E-state index in [-0.39, 0.29) is 74.2 Å². The van der Waals surface area contributed by atoms with E-state index in [1.165, 1.54) is 98.0 Å². The quantitative estimate of drug-likeness (QED) is 0.0748. The second-order valence-electron chi connectivity index (χ2n) is 14.3. The normalized spacial score (nSPS) is 12.5. The van der Waals surface area contributed by atoms with Crippen molar-refractivity contribution >= 4 is 41.8 Å². The van der Waals surface area contributed by atoms with Crippen LogP contribution >= 0.6 is 0 Å². The molecule has 0 saturated heterocycles. The summed E-state index contributed by atoms with van der Waals surface area (Å²) in [4.78, 5) is 90.7. The van der Waals surface area contributed by atoms with Crippen LogP contribution in [-0.4, -0.2) is 138 Å². The van der Waals surface area contributed by atoms with Gasteiger partial charge in [0.2, 0.25) is 6.10 Å². The molecule has 56 heavy (non-hydrogen) atoms. The Morgan fingerprint density at radius 3 is 1.73 bits per heavy atom. The molecule has 1 N–H and O–H groups in total. The van der Waals surface area contributed by atoms with Crippen LogP contribution in [0.5, 0.6) is 11.5 Å². The number of likely N-dealkylation sites (N-methyl/N-ethyl adjacent to an activating group) is 4. The van der Waals surface area contributed by atoms with Gasteiger partial charge in [-0.3, -0.25) is 19.7 Å². The zero-order valence-electron chi connectivity index (χ0n) is 33.1. The summed E-state index contributed by atoms with van der Waals surface area (Å²) in [6.07, 6.45) is -4.93. The Labute approximate surface area is 325 Å². The molecule has 0 fully saturated rings. The summed E-state index contributed by atoms with van der Waals surface area (Å²) >= 11 is 0. The summed E-state index contributed by atoms with van der Waals surface area (Å²) in [5.41, 5.74) is -2.11. The SMILES string of the molecule is CC(=O)CC(C)(O)CCOC(=O)N(C)CCN(C)C(=O)Oc1ccc(C(OC(=O)Oc2ccc([N+](=O)[O-])cc2)C(=O)N(C)CCN(C)C(=O)OC(C)(C)C)cc1. The molecule has 2 atom stereocenters. The number of carbonyl (C=O) groups is 6. The molecular formula is C37H51N5O14. The van der Waals surface area contributed by atoms with Gasteiger partial charge in [-0.2, -0.15) is 0 Å². The van der Waals surface area contributed by atoms with Gasteiger partial charge in [-0.15, -0.1) is 0 Å². The highest BCUT2D eigenvalue weighted by Crippen LogP contribution is 2.25. The zero-order valence-corrected chi connectivity index (χ0v) is 33.1. The van der Waals surface area contributed by atoms with E-state index in [1.807, 2.05) is 0 Å². The molecule has 19 heteroatoms. The van der Waals surface area contributed by atoms with Crippen molar-refractivity contribution in [1.29, 1.82) is 0 Å². The number of ether oxygens (including phenoxy) is 5. The summed E-state index contributed by atoms with van der Waals surface area (Å²) in [5.74, 6) is -0.900. The minimum atomic E-state index is -1.57. The Bertz CT molecular complexity index is 1690. The highest BCUT2D eigenvalue weighted by Gasteiger charge is 2.30. The van der Waals surface area contributed by atoms with Crippen LogP contribution in [0.1, 0.15) is 59.1 Å². The van der Waals surface area contributed by atoms with Crippen molar-refractivity contribution < 1.29 is 62.5 Å². The third-order valence-corrected chi connectivity index (χ3v) is 7.82. The van der Waals surface area contributed by atoms with Crippen LogP contribution in [0.3, 0.4) is 0 Å². The van der Waals surface area contributed by atoms with Crippen molar-refractivity contribution in [3.63, 3.8) is 0 Å². The van der Waals surface area contributed by atoms with Crippen LogP contribution in [-0.2, 0) is 23.8 Å². The van der Waals surface area contributed by atoms with Crippen LogP contribution in [0, 0.1) is 10.1 Å². The lowest BCUT2D eigenvalue weighted by atomic mass is 9.97. The second-order valence-corrected chi connectivity index (χ2v) is 14.3. The molecule has 2 unspecified atom stereocenters. The minimum absolute atomic E-state index is 0.0179. The maximum Gasteiger partial charge on any atom is 0.514 e. The molecular weight excluding hydrogens is 738 g/mol. The number of nitrogens with zero attached hydrogens (tertiary/aromatic N) is 5. The lowest BCUT2D eigenvalue weighted by Gasteiger charge is -2.28. The molecule has 0 heterocycles. The molecule has 308 valence electrons. The van der Waals surface area contributed by atoms with Crippen LogP contribution in [0.25, 0.3) is 0 Å². The van der Waals surface area contributed by atoms with E-state index in [9.17, 15) is 44.0 Å². The summed E-state index contributed by atoms with van der Waals surface area (Å²) in [7, 11) is 5.85. The van der Waals surface area contributed by atoms with E-state index in [4.69, 9.17) is 23.7 Å². The maximum atomic E-state index is 13.7. The number of aliphatic hydroxyl groups is 1. The van der Waals surface area contributed by atoms with Gasteiger partial charge in [-0.25, -0.2) is 19.2 Å². The van der Waals surface area contributed by atoms with Crippen molar-refractivity contribution in [2.75, 3.05) is 61.0 Å². The van der Waals surface area contributed by atoms with Crippen molar-refractivity contribution in [3.05, 3.63) is 64.2 Å². The molecule has 2 aromatic rings. The third kappa shape index (κ3) is 16.2. The van der Waals surface area contributed by atoms with Crippen LogP contribution in [0.4, 0.5) is 24.9 Å². The Morgan fingerprint density at radius 1 is 0.732 bits per heavy atom. The van der Waals surface area contributed by atoms with Gasteiger partial charge >= 0.3 is 24.4 Å². The zero-order chi connectivity index (χ0) is 42.4. The molecule has 0 radical (unpaired) electrons. The van der Waals surface area contributed by atoms with Gasteiger partial charge in [-0.05, 0) is 58.9 Å². The summed E-state index contributed by atoms with van der Waals surface area (Å²) in [5, 5.41) is 21.2. The molecule has 0 bridgehead atoms. The summed E-state index contributed by atoms with van der Waals surface area (Å²) < 4.78 is 26.5. The molecule has 0 spiro atoms. The molecule has 0 saturated carbocycles. The van der Waals surface area contributed by atoms with Gasteiger partial charge in [0.1, 0.15) is 22.9 Å². The first-order valence-electron chi connectivity index (χ1n) is 17.4. The Balaban J connectivity index is 2.09. The van der Waals surface area contributed by atoms with Gasteiger partial charge in [0, 0.05) is 84.9 Å². The number of non-ortho nitro benzene ring substituents is 1. The van der Waals surface area contributed by atoms with Gasteiger partial charge in [0.05, 0.1) is 17.1 Å². The summed E-state index contributed by atoms with van der Waals surface area (Å²) in [6, 6.07) is 10.1. The average Bonchev–Trinajstić information content (AvgIpc) is 3.10. The van der Waals surface area contributed by atoms with Gasteiger partial charge in [-0.1, -0.05) is 12.1 Å². The number of hydrogen-bond donors (Lipinski definition) is 1. The first kappa shape index (κ1) is 46.2. The number of nitro groups is 1. The van der Waals surface area contributed by atoms with E-state index >= 15 is 0 Å². The highest BCUT2D eigenvalue weighted by molar-refractivity contribution is 5.84. The van der Waals surface area contributed by atoms with E-state index < -0.39 is 52.6 Å². The molecule has 2 rings (SSSR count). The molecule has 0 aliphatic carbocycles. The number of amides is 4. The van der Waals surface area contributed by atoms with E-state index in [1.54, 1.807) is 20.8 Å². The standard InChI is InChI=1S/C37H51N5O14/c1-25(43)24-37(5,49)18-23-52-32(45)39(7)21-22-40(8)33(46)53-28-14-10-26(11-15-28)30(55-35(48)54-29-16-12-27(13-17-29)42(50)51)31(44)38(6)19-20-41(9)34(47)56-36(2,3)4/h10-17,30,49H,18-24H2,1-9H3. The number of ketones is 1. The fourth-order valence-corrected chi connectivity index (χ4v) is 4.62. The van der Waals surface area contributed by atoms with Crippen LogP contribution < -0.4 is 9.47 Å². The molecule has 0 aromatic heterocycles. The number of benzene rings is 2. The monoisotopic (exact) mass is 789 g/mol. The average molecular weight is 790 g/mol. The summed E-state index contributed by atoms with van der Waals surface area (Å²) in [6.45, 7) is 8.09. The van der Waals surface area contributed by atoms with Gasteiger partial charge < -0.3 is 48.4 Å². The predicted octanol–water partition coefficient (Wildman–Crippen LogP) is 4.80. The minimum Gasteiger partial charge on any atom is -0.449 e. The van der Waals surface area contributed by atoms with Crippen molar-refractivity contribution in [3.8, 4) is 11.5 Å². The Hall–Kier alpha value is -5.98. The highest BCUT2D eigenvalue weighted by atomic mass is 16.7. The van der Waals surface area contributed by atoms with Crippen molar-refractivity contribution in [1.82, 2.24) is 19.6 Å². The lowest BCUT2D eigenvalue weighted by molar-refractivity contribution is -0.384. The van der Waals surface area contributed by atoms with E-state index in [2.05, 4.69) is 0 Å². The van der Waals surface area contributed by atoms with Gasteiger partial charge in [0.25, 0.3) is 11.6 Å². The van der Waals surface area contributed by atoms with Crippen molar-refractivity contribution in [2.45, 2.75) is 64.8 Å². The number of carbonyl (C=O) groups excluding carboxylic acids is 6. The Kier molecular flexibility index (Phi) is 17.0. The molecule has 2 aromatic carbocycles. The van der Waals surface area contributed by atoms with Crippen LogP contribution in [0.2, 0.25) is 0 Å². The lowest BCUT2D eigenvalue weighted by Crippen LogP contribution is -2.41. The first-order chi connectivity index (χ1) is 26.0. The second kappa shape index (κ2) is 20.6. The first-order valence-corrected chi connectivity index (χ1v) is 17.4. The van der Waals surface area contributed by atoms with Crippen molar-refractivity contribution in [2.24, 2.45) is 0 Å².